The number of nitrogens with two attached hydrogens (primary N) is 1. The first kappa shape index (κ1) is 11.8. The molecule has 1 unspecified atom stereocenters. The fraction of sp³-hybridized carbons (Fsp3) is 0.357. The van der Waals surface area contributed by atoms with Crippen LogP contribution in [0.4, 0.5) is 0 Å². The van der Waals surface area contributed by atoms with E-state index in [1.54, 1.807) is 11.3 Å². The summed E-state index contributed by atoms with van der Waals surface area (Å²) in [6, 6.07) is 10.3. The van der Waals surface area contributed by atoms with Crippen LogP contribution in [0.2, 0.25) is 0 Å². The van der Waals surface area contributed by atoms with Crippen molar-refractivity contribution in [1.29, 1.82) is 0 Å². The van der Waals surface area contributed by atoms with Gasteiger partial charge in [-0.15, -0.1) is 11.3 Å². The van der Waals surface area contributed by atoms with Crippen LogP contribution in [0.3, 0.4) is 0 Å². The van der Waals surface area contributed by atoms with E-state index >= 15 is 0 Å². The van der Waals surface area contributed by atoms with Crippen LogP contribution in [0.5, 0.6) is 0 Å². The first-order valence-corrected chi connectivity index (χ1v) is 7.07. The number of hydrogen-bond donors (Lipinski definition) is 1. The Morgan fingerprint density at radius 3 is 2.83 bits per heavy atom. The van der Waals surface area contributed by atoms with E-state index in [2.05, 4.69) is 17.1 Å². The topological polar surface area (TPSA) is 48.1 Å². The molecule has 94 valence electrons. The molecule has 0 amide bonds. The highest BCUT2D eigenvalue weighted by Gasteiger charge is 2.23. The molecule has 2 N–H and O–H groups in total. The monoisotopic (exact) mass is 260 g/mol. The number of ether oxygens (including phenoxy) is 1. The summed E-state index contributed by atoms with van der Waals surface area (Å²) < 4.78 is 5.69. The van der Waals surface area contributed by atoms with Crippen molar-refractivity contribution in [2.75, 3.05) is 6.61 Å². The average molecular weight is 260 g/mol. The Balaban J connectivity index is 1.98. The van der Waals surface area contributed by atoms with E-state index in [9.17, 15) is 0 Å². The summed E-state index contributed by atoms with van der Waals surface area (Å²) in [6.45, 7) is 1.33. The van der Waals surface area contributed by atoms with E-state index in [4.69, 9.17) is 10.5 Å². The second kappa shape index (κ2) is 5.18. The number of benzene rings is 1. The number of aromatic nitrogens is 1. The Kier molecular flexibility index (Phi) is 3.41. The lowest BCUT2D eigenvalue weighted by molar-refractivity contribution is 0.111. The maximum absolute atomic E-state index is 5.80. The fourth-order valence-corrected chi connectivity index (χ4v) is 3.42. The van der Waals surface area contributed by atoms with Crippen LogP contribution >= 0.6 is 11.3 Å². The van der Waals surface area contributed by atoms with Gasteiger partial charge in [-0.25, -0.2) is 4.98 Å². The smallest absolute Gasteiger partial charge is 0.122 e. The SMILES string of the molecule is NCc1nc(C2CCCO2)sc1-c1ccccc1. The van der Waals surface area contributed by atoms with Crippen LogP contribution in [-0.4, -0.2) is 11.6 Å². The molecule has 1 fully saturated rings. The minimum Gasteiger partial charge on any atom is -0.371 e. The van der Waals surface area contributed by atoms with Crippen molar-refractivity contribution in [3.63, 3.8) is 0 Å². The Bertz CT molecular complexity index is 518. The van der Waals surface area contributed by atoms with E-state index in [0.717, 1.165) is 30.2 Å². The Hall–Kier alpha value is -1.23. The molecule has 0 aliphatic carbocycles. The summed E-state index contributed by atoms with van der Waals surface area (Å²) in [7, 11) is 0. The maximum atomic E-state index is 5.80. The van der Waals surface area contributed by atoms with Crippen molar-refractivity contribution in [3.8, 4) is 10.4 Å². The van der Waals surface area contributed by atoms with Gasteiger partial charge < -0.3 is 10.5 Å². The third-order valence-corrected chi connectivity index (χ3v) is 4.39. The molecule has 1 aromatic carbocycles. The number of hydrogen-bond acceptors (Lipinski definition) is 4. The Morgan fingerprint density at radius 2 is 2.17 bits per heavy atom. The van der Waals surface area contributed by atoms with Gasteiger partial charge in [0.1, 0.15) is 11.1 Å². The number of thiazole rings is 1. The van der Waals surface area contributed by atoms with Gasteiger partial charge in [0.05, 0.1) is 10.6 Å². The molecule has 0 radical (unpaired) electrons. The summed E-state index contributed by atoms with van der Waals surface area (Å²) in [5, 5.41) is 1.08. The zero-order chi connectivity index (χ0) is 12.4. The lowest BCUT2D eigenvalue weighted by Gasteiger charge is -2.03. The molecule has 18 heavy (non-hydrogen) atoms. The highest BCUT2D eigenvalue weighted by molar-refractivity contribution is 7.15. The lowest BCUT2D eigenvalue weighted by Crippen LogP contribution is -2.00. The van der Waals surface area contributed by atoms with Crippen molar-refractivity contribution in [1.82, 2.24) is 4.98 Å². The molecule has 1 atom stereocenters. The minimum atomic E-state index is 0.178. The molecule has 0 bridgehead atoms. The molecule has 4 heteroatoms. The highest BCUT2D eigenvalue weighted by atomic mass is 32.1. The number of rotatable bonds is 3. The zero-order valence-electron chi connectivity index (χ0n) is 10.1. The van der Waals surface area contributed by atoms with Gasteiger partial charge in [-0.1, -0.05) is 30.3 Å². The van der Waals surface area contributed by atoms with Crippen LogP contribution in [0.15, 0.2) is 30.3 Å². The molecule has 1 aliphatic heterocycles. The molecule has 1 saturated heterocycles. The van der Waals surface area contributed by atoms with Gasteiger partial charge in [-0.05, 0) is 18.4 Å². The van der Waals surface area contributed by atoms with Crippen LogP contribution in [-0.2, 0) is 11.3 Å². The molecule has 2 heterocycles. The van der Waals surface area contributed by atoms with Gasteiger partial charge in [0.2, 0.25) is 0 Å². The highest BCUT2D eigenvalue weighted by Crippen LogP contribution is 2.37. The molecular weight excluding hydrogens is 244 g/mol. The Morgan fingerprint density at radius 1 is 1.33 bits per heavy atom. The molecule has 0 saturated carbocycles. The summed E-state index contributed by atoms with van der Waals surface area (Å²) in [5.41, 5.74) is 7.98. The van der Waals surface area contributed by atoms with Gasteiger partial charge in [-0.3, -0.25) is 0 Å². The second-order valence-corrected chi connectivity index (χ2v) is 5.43. The predicted octanol–water partition coefficient (Wildman–Crippen LogP) is 3.12. The average Bonchev–Trinajstić information content (AvgIpc) is 3.08. The van der Waals surface area contributed by atoms with Crippen molar-refractivity contribution >= 4 is 11.3 Å². The van der Waals surface area contributed by atoms with Gasteiger partial charge >= 0.3 is 0 Å². The van der Waals surface area contributed by atoms with E-state index in [1.165, 1.54) is 10.4 Å². The van der Waals surface area contributed by atoms with E-state index in [-0.39, 0.29) is 6.10 Å². The first-order chi connectivity index (χ1) is 8.88. The van der Waals surface area contributed by atoms with E-state index in [0.29, 0.717) is 6.54 Å². The summed E-state index contributed by atoms with van der Waals surface area (Å²) >= 11 is 1.72. The normalized spacial score (nSPS) is 19.3. The minimum absolute atomic E-state index is 0.178. The molecule has 3 rings (SSSR count). The van der Waals surface area contributed by atoms with Crippen molar-refractivity contribution < 1.29 is 4.74 Å². The van der Waals surface area contributed by atoms with Crippen molar-refractivity contribution in [3.05, 3.63) is 41.0 Å². The van der Waals surface area contributed by atoms with Gasteiger partial charge in [0.15, 0.2) is 0 Å². The molecule has 0 spiro atoms. The molecule has 1 aromatic heterocycles. The molecule has 1 aliphatic rings. The summed E-state index contributed by atoms with van der Waals surface area (Å²) in [6.07, 6.45) is 2.38. The fourth-order valence-electron chi connectivity index (χ4n) is 2.23. The molecular formula is C14H16N2OS. The third-order valence-electron chi connectivity index (χ3n) is 3.15. The van der Waals surface area contributed by atoms with E-state index < -0.39 is 0 Å². The second-order valence-electron chi connectivity index (χ2n) is 4.40. The first-order valence-electron chi connectivity index (χ1n) is 6.25. The van der Waals surface area contributed by atoms with Crippen molar-refractivity contribution in [2.45, 2.75) is 25.5 Å². The van der Waals surface area contributed by atoms with Gasteiger partial charge in [0.25, 0.3) is 0 Å². The largest absolute Gasteiger partial charge is 0.371 e. The quantitative estimate of drug-likeness (QED) is 0.922. The van der Waals surface area contributed by atoms with Gasteiger partial charge in [0, 0.05) is 13.2 Å². The van der Waals surface area contributed by atoms with Crippen LogP contribution in [0, 0.1) is 0 Å². The van der Waals surface area contributed by atoms with Crippen molar-refractivity contribution in [2.24, 2.45) is 5.73 Å². The summed E-state index contributed by atoms with van der Waals surface area (Å²) in [5.74, 6) is 0. The third kappa shape index (κ3) is 2.19. The number of nitrogens with zero attached hydrogens (tertiary/aromatic N) is 1. The lowest BCUT2D eigenvalue weighted by atomic mass is 10.1. The summed E-state index contributed by atoms with van der Waals surface area (Å²) in [4.78, 5) is 5.84. The van der Waals surface area contributed by atoms with Crippen LogP contribution in [0.25, 0.3) is 10.4 Å². The molecule has 3 nitrogen and oxygen atoms in total. The van der Waals surface area contributed by atoms with Crippen LogP contribution in [0.1, 0.15) is 29.6 Å². The maximum Gasteiger partial charge on any atom is 0.122 e. The van der Waals surface area contributed by atoms with E-state index in [1.807, 2.05) is 18.2 Å². The van der Waals surface area contributed by atoms with Gasteiger partial charge in [-0.2, -0.15) is 0 Å². The standard InChI is InChI=1S/C14H16N2OS/c15-9-11-13(10-5-2-1-3-6-10)18-14(16-11)12-7-4-8-17-12/h1-3,5-6,12H,4,7-9,15H2. The Labute approximate surface area is 111 Å². The molecule has 2 aromatic rings. The van der Waals surface area contributed by atoms with Crippen LogP contribution < -0.4 is 5.73 Å². The predicted molar refractivity (Wildman–Crippen MR) is 73.4 cm³/mol. The zero-order valence-corrected chi connectivity index (χ0v) is 11.0.